The van der Waals surface area contributed by atoms with Crippen LogP contribution >= 0.6 is 23.2 Å². The maximum Gasteiger partial charge on any atom is 0.224 e. The Labute approximate surface area is 137 Å². The molecule has 0 atom stereocenters. The molecule has 0 saturated heterocycles. The van der Waals surface area contributed by atoms with Gasteiger partial charge in [0, 0.05) is 22.2 Å². The minimum atomic E-state index is -0.467. The maximum absolute atomic E-state index is 13.3. The lowest BCUT2D eigenvalue weighted by Gasteiger charge is -2.08. The van der Waals surface area contributed by atoms with E-state index in [2.05, 4.69) is 5.32 Å². The van der Waals surface area contributed by atoms with Crippen LogP contribution in [0.25, 0.3) is 0 Å². The molecule has 0 aromatic heterocycles. The van der Waals surface area contributed by atoms with Crippen molar-refractivity contribution in [2.45, 2.75) is 19.6 Å². The second-order valence-corrected chi connectivity index (χ2v) is 5.62. The van der Waals surface area contributed by atoms with Crippen molar-refractivity contribution in [1.82, 2.24) is 5.32 Å². The number of halogens is 3. The molecular formula is C16H14Cl2FNO2. The SMILES string of the molecule is O=C(Cc1ccc(Cl)cc1Cl)NCc1ccc(F)c(CO)c1. The highest BCUT2D eigenvalue weighted by Crippen LogP contribution is 2.21. The molecule has 0 saturated carbocycles. The fraction of sp³-hybridized carbons (Fsp3) is 0.188. The number of amides is 1. The highest BCUT2D eigenvalue weighted by Gasteiger charge is 2.08. The van der Waals surface area contributed by atoms with Crippen LogP contribution < -0.4 is 5.32 Å². The van der Waals surface area contributed by atoms with E-state index in [1.807, 2.05) is 0 Å². The molecule has 0 aliphatic heterocycles. The number of hydrogen-bond acceptors (Lipinski definition) is 2. The van der Waals surface area contributed by atoms with E-state index in [1.165, 1.54) is 12.1 Å². The molecule has 0 heterocycles. The Morgan fingerprint density at radius 1 is 1.14 bits per heavy atom. The van der Waals surface area contributed by atoms with Gasteiger partial charge in [0.1, 0.15) is 5.82 Å². The van der Waals surface area contributed by atoms with Crippen molar-refractivity contribution in [3.05, 3.63) is 69.0 Å². The van der Waals surface area contributed by atoms with Crippen LogP contribution in [0.3, 0.4) is 0 Å². The first-order valence-corrected chi connectivity index (χ1v) is 7.34. The van der Waals surface area contributed by atoms with Crippen LogP contribution in [0, 0.1) is 5.82 Å². The molecule has 0 radical (unpaired) electrons. The average molecular weight is 342 g/mol. The van der Waals surface area contributed by atoms with Gasteiger partial charge >= 0.3 is 0 Å². The van der Waals surface area contributed by atoms with Gasteiger partial charge in [0.25, 0.3) is 0 Å². The number of rotatable bonds is 5. The summed E-state index contributed by atoms with van der Waals surface area (Å²) in [6.45, 7) is -0.134. The second kappa shape index (κ2) is 7.58. The first-order chi connectivity index (χ1) is 10.5. The fourth-order valence-corrected chi connectivity index (χ4v) is 2.44. The van der Waals surface area contributed by atoms with Gasteiger partial charge in [-0.05, 0) is 35.4 Å². The Kier molecular flexibility index (Phi) is 5.77. The van der Waals surface area contributed by atoms with Crippen molar-refractivity contribution in [2.24, 2.45) is 0 Å². The third-order valence-electron chi connectivity index (χ3n) is 3.14. The summed E-state index contributed by atoms with van der Waals surface area (Å²) >= 11 is 11.8. The van der Waals surface area contributed by atoms with Crippen LogP contribution in [-0.2, 0) is 24.4 Å². The van der Waals surface area contributed by atoms with E-state index in [0.717, 1.165) is 0 Å². The summed E-state index contributed by atoms with van der Waals surface area (Å²) in [5, 5.41) is 12.7. The average Bonchev–Trinajstić information content (AvgIpc) is 2.49. The summed E-state index contributed by atoms with van der Waals surface area (Å²) < 4.78 is 13.3. The predicted octanol–water partition coefficient (Wildman–Crippen LogP) is 3.48. The third-order valence-corrected chi connectivity index (χ3v) is 3.72. The number of carbonyl (C=O) groups excluding carboxylic acids is 1. The molecule has 22 heavy (non-hydrogen) atoms. The number of aliphatic hydroxyl groups is 1. The molecule has 2 N–H and O–H groups in total. The van der Waals surface area contributed by atoms with Crippen molar-refractivity contribution in [3.8, 4) is 0 Å². The molecule has 0 aliphatic carbocycles. The smallest absolute Gasteiger partial charge is 0.224 e. The molecule has 0 aliphatic rings. The maximum atomic E-state index is 13.3. The van der Waals surface area contributed by atoms with Gasteiger partial charge in [0.2, 0.25) is 5.91 Å². The Bertz CT molecular complexity index is 692. The van der Waals surface area contributed by atoms with Crippen molar-refractivity contribution in [3.63, 3.8) is 0 Å². The number of aliphatic hydroxyl groups excluding tert-OH is 1. The predicted molar refractivity (Wildman–Crippen MR) is 84.3 cm³/mol. The summed E-state index contributed by atoms with van der Waals surface area (Å²) in [7, 11) is 0. The van der Waals surface area contributed by atoms with Gasteiger partial charge in [0.15, 0.2) is 0 Å². The van der Waals surface area contributed by atoms with Crippen LogP contribution in [0.15, 0.2) is 36.4 Å². The lowest BCUT2D eigenvalue weighted by Crippen LogP contribution is -2.24. The molecule has 116 valence electrons. The van der Waals surface area contributed by atoms with E-state index in [1.54, 1.807) is 24.3 Å². The molecule has 0 fully saturated rings. The van der Waals surface area contributed by atoms with Crippen molar-refractivity contribution in [2.75, 3.05) is 0 Å². The molecule has 2 rings (SSSR count). The summed E-state index contributed by atoms with van der Waals surface area (Å²) in [5.41, 5.74) is 1.59. The van der Waals surface area contributed by atoms with Crippen molar-refractivity contribution < 1.29 is 14.3 Å². The standard InChI is InChI=1S/C16H14Cl2FNO2/c17-13-3-2-11(14(18)7-13)6-16(22)20-8-10-1-4-15(19)12(5-10)9-21/h1-5,7,21H,6,8-9H2,(H,20,22). The molecular weight excluding hydrogens is 328 g/mol. The first kappa shape index (κ1) is 16.7. The normalized spacial score (nSPS) is 10.5. The number of hydrogen-bond donors (Lipinski definition) is 2. The molecule has 2 aromatic carbocycles. The molecule has 0 spiro atoms. The molecule has 0 unspecified atom stereocenters. The van der Waals surface area contributed by atoms with E-state index in [4.69, 9.17) is 28.3 Å². The Morgan fingerprint density at radius 2 is 1.91 bits per heavy atom. The molecule has 6 heteroatoms. The summed E-state index contributed by atoms with van der Waals surface area (Å²) in [6.07, 6.45) is 0.129. The fourth-order valence-electron chi connectivity index (χ4n) is 1.96. The third kappa shape index (κ3) is 4.44. The monoisotopic (exact) mass is 341 g/mol. The van der Waals surface area contributed by atoms with Gasteiger partial charge in [-0.3, -0.25) is 4.79 Å². The van der Waals surface area contributed by atoms with E-state index in [0.29, 0.717) is 21.2 Å². The van der Waals surface area contributed by atoms with Crippen LogP contribution in [0.5, 0.6) is 0 Å². The van der Waals surface area contributed by atoms with Gasteiger partial charge in [-0.15, -0.1) is 0 Å². The second-order valence-electron chi connectivity index (χ2n) is 4.77. The highest BCUT2D eigenvalue weighted by atomic mass is 35.5. The highest BCUT2D eigenvalue weighted by molar-refractivity contribution is 6.35. The van der Waals surface area contributed by atoms with E-state index in [-0.39, 0.29) is 31.0 Å². The Balaban J connectivity index is 1.95. The van der Waals surface area contributed by atoms with Crippen LogP contribution in [0.2, 0.25) is 10.0 Å². The molecule has 3 nitrogen and oxygen atoms in total. The van der Waals surface area contributed by atoms with Gasteiger partial charge in [-0.1, -0.05) is 35.3 Å². The minimum Gasteiger partial charge on any atom is -0.392 e. The molecule has 1 amide bonds. The van der Waals surface area contributed by atoms with Gasteiger partial charge in [-0.2, -0.15) is 0 Å². The summed E-state index contributed by atoms with van der Waals surface area (Å²) in [4.78, 5) is 11.9. The van der Waals surface area contributed by atoms with E-state index < -0.39 is 5.82 Å². The quantitative estimate of drug-likeness (QED) is 0.874. The lowest BCUT2D eigenvalue weighted by atomic mass is 10.1. The molecule has 2 aromatic rings. The van der Waals surface area contributed by atoms with Gasteiger partial charge in [0.05, 0.1) is 13.0 Å². The van der Waals surface area contributed by atoms with Crippen LogP contribution in [-0.4, -0.2) is 11.0 Å². The zero-order valence-electron chi connectivity index (χ0n) is 11.6. The first-order valence-electron chi connectivity index (χ1n) is 6.58. The molecule has 0 bridgehead atoms. The summed E-state index contributed by atoms with van der Waals surface area (Å²) in [6, 6.07) is 9.30. The minimum absolute atomic E-state index is 0.129. The van der Waals surface area contributed by atoms with E-state index >= 15 is 0 Å². The van der Waals surface area contributed by atoms with E-state index in [9.17, 15) is 9.18 Å². The topological polar surface area (TPSA) is 49.3 Å². The van der Waals surface area contributed by atoms with Crippen LogP contribution in [0.4, 0.5) is 4.39 Å². The van der Waals surface area contributed by atoms with Gasteiger partial charge in [-0.25, -0.2) is 4.39 Å². The zero-order valence-corrected chi connectivity index (χ0v) is 13.1. The zero-order chi connectivity index (χ0) is 16.1. The van der Waals surface area contributed by atoms with Gasteiger partial charge < -0.3 is 10.4 Å². The number of carbonyl (C=O) groups is 1. The largest absolute Gasteiger partial charge is 0.392 e. The number of nitrogens with one attached hydrogen (secondary N) is 1. The Morgan fingerprint density at radius 3 is 2.59 bits per heavy atom. The Hall–Kier alpha value is -1.62. The summed E-state index contributed by atoms with van der Waals surface area (Å²) in [5.74, 6) is -0.676. The van der Waals surface area contributed by atoms with Crippen molar-refractivity contribution >= 4 is 29.1 Å². The van der Waals surface area contributed by atoms with Crippen LogP contribution in [0.1, 0.15) is 16.7 Å². The number of benzene rings is 2. The lowest BCUT2D eigenvalue weighted by molar-refractivity contribution is -0.120. The van der Waals surface area contributed by atoms with Crippen molar-refractivity contribution in [1.29, 1.82) is 0 Å².